The van der Waals surface area contributed by atoms with E-state index in [-0.39, 0.29) is 12.6 Å². The van der Waals surface area contributed by atoms with Crippen molar-refractivity contribution >= 4 is 5.97 Å². The highest BCUT2D eigenvalue weighted by atomic mass is 16.5. The van der Waals surface area contributed by atoms with Crippen molar-refractivity contribution in [3.8, 4) is 5.75 Å². The normalized spacial score (nSPS) is 9.47. The van der Waals surface area contributed by atoms with Gasteiger partial charge in [-0.3, -0.25) is 4.79 Å². The maximum Gasteiger partial charge on any atom is 0.307 e. The molecule has 0 aromatic heterocycles. The van der Waals surface area contributed by atoms with Crippen LogP contribution in [0.15, 0.2) is 54.6 Å². The SMILES string of the molecule is N.O=C(O)Cc1ccc(OCc2ccccc2)cc1. The predicted octanol–water partition coefficient (Wildman–Crippen LogP) is 3.05. The predicted molar refractivity (Wildman–Crippen MR) is 73.6 cm³/mol. The second kappa shape index (κ2) is 7.18. The minimum Gasteiger partial charge on any atom is -0.489 e. The van der Waals surface area contributed by atoms with Crippen molar-refractivity contribution in [2.45, 2.75) is 13.0 Å². The molecule has 100 valence electrons. The third kappa shape index (κ3) is 4.81. The van der Waals surface area contributed by atoms with E-state index in [4.69, 9.17) is 9.84 Å². The van der Waals surface area contributed by atoms with Crippen molar-refractivity contribution in [3.05, 3.63) is 65.7 Å². The van der Waals surface area contributed by atoms with E-state index in [1.54, 1.807) is 24.3 Å². The quantitative estimate of drug-likeness (QED) is 0.864. The lowest BCUT2D eigenvalue weighted by Gasteiger charge is -2.06. The molecule has 0 amide bonds. The summed E-state index contributed by atoms with van der Waals surface area (Å²) in [5.41, 5.74) is 1.88. The maximum absolute atomic E-state index is 10.5. The van der Waals surface area contributed by atoms with Crippen molar-refractivity contribution in [2.24, 2.45) is 0 Å². The van der Waals surface area contributed by atoms with E-state index in [0.717, 1.165) is 16.9 Å². The van der Waals surface area contributed by atoms with Crippen molar-refractivity contribution < 1.29 is 14.6 Å². The van der Waals surface area contributed by atoms with Crippen LogP contribution in [0.3, 0.4) is 0 Å². The highest BCUT2D eigenvalue weighted by Gasteiger charge is 2.00. The fourth-order valence-electron chi connectivity index (χ4n) is 1.62. The number of carboxylic acid groups (broad SMARTS) is 1. The van der Waals surface area contributed by atoms with Gasteiger partial charge in [0.05, 0.1) is 6.42 Å². The lowest BCUT2D eigenvalue weighted by atomic mass is 10.1. The zero-order valence-corrected chi connectivity index (χ0v) is 10.6. The molecule has 19 heavy (non-hydrogen) atoms. The fraction of sp³-hybridized carbons (Fsp3) is 0.133. The van der Waals surface area contributed by atoms with Gasteiger partial charge in [0.15, 0.2) is 0 Å². The van der Waals surface area contributed by atoms with Gasteiger partial charge >= 0.3 is 5.97 Å². The zero-order valence-electron chi connectivity index (χ0n) is 10.6. The molecule has 0 atom stereocenters. The van der Waals surface area contributed by atoms with Crippen molar-refractivity contribution in [3.63, 3.8) is 0 Å². The number of hydrogen-bond acceptors (Lipinski definition) is 3. The van der Waals surface area contributed by atoms with Crippen LogP contribution in [0.2, 0.25) is 0 Å². The number of carbonyl (C=O) groups is 1. The van der Waals surface area contributed by atoms with Gasteiger partial charge in [-0.05, 0) is 23.3 Å². The van der Waals surface area contributed by atoms with Gasteiger partial charge in [0.1, 0.15) is 12.4 Å². The Bertz CT molecular complexity index is 509. The van der Waals surface area contributed by atoms with Crippen LogP contribution in [-0.2, 0) is 17.8 Å². The number of aliphatic carboxylic acids is 1. The first kappa shape index (κ1) is 14.7. The first-order valence-corrected chi connectivity index (χ1v) is 5.71. The Morgan fingerprint density at radius 2 is 1.58 bits per heavy atom. The minimum absolute atomic E-state index is 0. The van der Waals surface area contributed by atoms with Gasteiger partial charge in [0.2, 0.25) is 0 Å². The van der Waals surface area contributed by atoms with Gasteiger partial charge < -0.3 is 16.0 Å². The smallest absolute Gasteiger partial charge is 0.307 e. The van der Waals surface area contributed by atoms with Crippen LogP contribution in [-0.4, -0.2) is 11.1 Å². The summed E-state index contributed by atoms with van der Waals surface area (Å²) in [6.45, 7) is 0.513. The molecule has 4 N–H and O–H groups in total. The highest BCUT2D eigenvalue weighted by molar-refractivity contribution is 5.70. The van der Waals surface area contributed by atoms with Crippen LogP contribution < -0.4 is 10.9 Å². The van der Waals surface area contributed by atoms with Crippen molar-refractivity contribution in [2.75, 3.05) is 0 Å². The van der Waals surface area contributed by atoms with E-state index in [2.05, 4.69) is 0 Å². The van der Waals surface area contributed by atoms with Crippen LogP contribution in [0.4, 0.5) is 0 Å². The summed E-state index contributed by atoms with van der Waals surface area (Å²) < 4.78 is 5.60. The summed E-state index contributed by atoms with van der Waals surface area (Å²) in [6.07, 6.45) is 0.0406. The molecule has 4 nitrogen and oxygen atoms in total. The molecule has 0 spiro atoms. The summed E-state index contributed by atoms with van der Waals surface area (Å²) in [5, 5.41) is 8.66. The largest absolute Gasteiger partial charge is 0.489 e. The molecule has 0 saturated carbocycles. The molecule has 0 radical (unpaired) electrons. The van der Waals surface area contributed by atoms with Gasteiger partial charge in [-0.15, -0.1) is 0 Å². The molecule has 4 heteroatoms. The Labute approximate surface area is 112 Å². The average Bonchev–Trinajstić information content (AvgIpc) is 2.38. The van der Waals surface area contributed by atoms with Crippen LogP contribution in [0.5, 0.6) is 5.75 Å². The Morgan fingerprint density at radius 1 is 0.947 bits per heavy atom. The number of carboxylic acids is 1. The van der Waals surface area contributed by atoms with Crippen LogP contribution in [0, 0.1) is 0 Å². The second-order valence-electron chi connectivity index (χ2n) is 3.99. The van der Waals surface area contributed by atoms with Gasteiger partial charge in [0.25, 0.3) is 0 Å². The molecular weight excluding hydrogens is 242 g/mol. The molecule has 0 bridgehead atoms. The fourth-order valence-corrected chi connectivity index (χ4v) is 1.62. The third-order valence-corrected chi connectivity index (χ3v) is 2.53. The summed E-state index contributed by atoms with van der Waals surface area (Å²) in [5.74, 6) is -0.0825. The van der Waals surface area contributed by atoms with Crippen LogP contribution in [0.25, 0.3) is 0 Å². The molecule has 0 unspecified atom stereocenters. The van der Waals surface area contributed by atoms with Crippen molar-refractivity contribution in [1.82, 2.24) is 6.15 Å². The Morgan fingerprint density at radius 3 is 2.16 bits per heavy atom. The third-order valence-electron chi connectivity index (χ3n) is 2.53. The minimum atomic E-state index is -0.826. The Hall–Kier alpha value is -2.33. The zero-order chi connectivity index (χ0) is 12.8. The van der Waals surface area contributed by atoms with E-state index in [0.29, 0.717) is 6.61 Å². The van der Waals surface area contributed by atoms with E-state index in [9.17, 15) is 4.79 Å². The molecule has 0 aliphatic rings. The summed E-state index contributed by atoms with van der Waals surface area (Å²) >= 11 is 0. The molecule has 0 aliphatic heterocycles. The molecule has 0 aliphatic carbocycles. The van der Waals surface area contributed by atoms with Gasteiger partial charge in [-0.2, -0.15) is 0 Å². The molecule has 0 saturated heterocycles. The number of benzene rings is 2. The van der Waals surface area contributed by atoms with E-state index < -0.39 is 5.97 Å². The number of ether oxygens (including phenoxy) is 1. The van der Waals surface area contributed by atoms with Gasteiger partial charge in [-0.1, -0.05) is 42.5 Å². The highest BCUT2D eigenvalue weighted by Crippen LogP contribution is 2.14. The van der Waals surface area contributed by atoms with Gasteiger partial charge in [-0.25, -0.2) is 0 Å². The Balaban J connectivity index is 0.00000180. The topological polar surface area (TPSA) is 81.5 Å². The second-order valence-corrected chi connectivity index (χ2v) is 3.99. The molecule has 0 fully saturated rings. The van der Waals surface area contributed by atoms with Crippen molar-refractivity contribution in [1.29, 1.82) is 0 Å². The molecule has 2 rings (SSSR count). The van der Waals surface area contributed by atoms with E-state index >= 15 is 0 Å². The van der Waals surface area contributed by atoms with Crippen LogP contribution in [0.1, 0.15) is 11.1 Å². The lowest BCUT2D eigenvalue weighted by Crippen LogP contribution is -2.00. The number of rotatable bonds is 5. The van der Waals surface area contributed by atoms with E-state index in [1.807, 2.05) is 30.3 Å². The average molecular weight is 259 g/mol. The Kier molecular flexibility index (Phi) is 5.57. The summed E-state index contributed by atoms with van der Waals surface area (Å²) in [6, 6.07) is 17.0. The first-order chi connectivity index (χ1) is 8.74. The first-order valence-electron chi connectivity index (χ1n) is 5.71. The molecule has 2 aromatic carbocycles. The molecule has 2 aromatic rings. The van der Waals surface area contributed by atoms with Crippen LogP contribution >= 0.6 is 0 Å². The summed E-state index contributed by atoms with van der Waals surface area (Å²) in [4.78, 5) is 10.5. The standard InChI is InChI=1S/C15H14O3.H3N/c16-15(17)10-12-6-8-14(9-7-12)18-11-13-4-2-1-3-5-13;/h1-9H,10-11H2,(H,16,17);1H3. The summed E-state index contributed by atoms with van der Waals surface area (Å²) in [7, 11) is 0. The number of hydrogen-bond donors (Lipinski definition) is 2. The lowest BCUT2D eigenvalue weighted by molar-refractivity contribution is -0.136. The molecule has 0 heterocycles. The maximum atomic E-state index is 10.5. The molecular formula is C15H17NO3. The monoisotopic (exact) mass is 259 g/mol. The van der Waals surface area contributed by atoms with Gasteiger partial charge in [0, 0.05) is 0 Å². The van der Waals surface area contributed by atoms with E-state index in [1.165, 1.54) is 0 Å².